The lowest BCUT2D eigenvalue weighted by atomic mass is 10.1. The minimum atomic E-state index is 0.676. The zero-order valence-electron chi connectivity index (χ0n) is 14.0. The Hall–Kier alpha value is -2.12. The SMILES string of the molecule is Cc1ncc(CN2CC(N3CCN(c4ncccn4)CC3)C2)cn1. The molecule has 24 heavy (non-hydrogen) atoms. The summed E-state index contributed by atoms with van der Waals surface area (Å²) in [6.07, 6.45) is 7.50. The molecule has 0 N–H and O–H groups in total. The van der Waals surface area contributed by atoms with Crippen molar-refractivity contribution in [3.63, 3.8) is 0 Å². The summed E-state index contributed by atoms with van der Waals surface area (Å²) in [5.41, 5.74) is 1.20. The molecule has 0 bridgehead atoms. The Bertz CT molecular complexity index is 646. The molecule has 0 spiro atoms. The number of aryl methyl sites for hydroxylation is 1. The van der Waals surface area contributed by atoms with Gasteiger partial charge in [0.2, 0.25) is 5.95 Å². The third-order valence-corrected chi connectivity index (χ3v) is 4.84. The van der Waals surface area contributed by atoms with Gasteiger partial charge < -0.3 is 4.90 Å². The summed E-state index contributed by atoms with van der Waals surface area (Å²) >= 11 is 0. The van der Waals surface area contributed by atoms with Crippen LogP contribution in [0.1, 0.15) is 11.4 Å². The van der Waals surface area contributed by atoms with Crippen molar-refractivity contribution in [2.24, 2.45) is 0 Å². The Balaban J connectivity index is 1.23. The van der Waals surface area contributed by atoms with E-state index in [1.807, 2.05) is 37.8 Å². The largest absolute Gasteiger partial charge is 0.338 e. The van der Waals surface area contributed by atoms with Gasteiger partial charge in [-0.3, -0.25) is 9.80 Å². The molecule has 2 aromatic rings. The highest BCUT2D eigenvalue weighted by Crippen LogP contribution is 2.20. The molecule has 2 fully saturated rings. The zero-order chi connectivity index (χ0) is 16.4. The number of rotatable bonds is 4. The van der Waals surface area contributed by atoms with Crippen LogP contribution in [0.5, 0.6) is 0 Å². The maximum absolute atomic E-state index is 4.35. The maximum Gasteiger partial charge on any atom is 0.225 e. The summed E-state index contributed by atoms with van der Waals surface area (Å²) in [4.78, 5) is 24.6. The topological polar surface area (TPSA) is 61.3 Å². The first kappa shape index (κ1) is 15.4. The van der Waals surface area contributed by atoms with Crippen molar-refractivity contribution in [2.75, 3.05) is 44.2 Å². The van der Waals surface area contributed by atoms with Crippen LogP contribution in [0.15, 0.2) is 30.9 Å². The highest BCUT2D eigenvalue weighted by molar-refractivity contribution is 5.29. The van der Waals surface area contributed by atoms with E-state index in [0.29, 0.717) is 6.04 Å². The molecule has 0 unspecified atom stereocenters. The van der Waals surface area contributed by atoms with E-state index < -0.39 is 0 Å². The van der Waals surface area contributed by atoms with Crippen LogP contribution in [-0.4, -0.2) is 75.0 Å². The number of anilines is 1. The highest BCUT2D eigenvalue weighted by atomic mass is 15.4. The lowest BCUT2D eigenvalue weighted by molar-refractivity contribution is 0.0253. The molecule has 2 aromatic heterocycles. The van der Waals surface area contributed by atoms with Gasteiger partial charge in [0, 0.05) is 82.2 Å². The minimum absolute atomic E-state index is 0.676. The quantitative estimate of drug-likeness (QED) is 0.815. The Morgan fingerprint density at radius 1 is 0.958 bits per heavy atom. The summed E-state index contributed by atoms with van der Waals surface area (Å²) in [6, 6.07) is 2.54. The molecule has 126 valence electrons. The molecule has 4 rings (SSSR count). The molecule has 7 nitrogen and oxygen atoms in total. The molecule has 4 heterocycles. The molecular weight excluding hydrogens is 302 g/mol. The van der Waals surface area contributed by atoms with Crippen molar-refractivity contribution in [2.45, 2.75) is 19.5 Å². The summed E-state index contributed by atoms with van der Waals surface area (Å²) in [5, 5.41) is 0. The first-order valence-corrected chi connectivity index (χ1v) is 8.54. The van der Waals surface area contributed by atoms with E-state index in [1.165, 1.54) is 5.56 Å². The molecule has 0 amide bonds. The van der Waals surface area contributed by atoms with Crippen LogP contribution in [-0.2, 0) is 6.54 Å². The Kier molecular flexibility index (Phi) is 4.36. The van der Waals surface area contributed by atoms with Crippen molar-refractivity contribution >= 4 is 5.95 Å². The summed E-state index contributed by atoms with van der Waals surface area (Å²) in [7, 11) is 0. The van der Waals surface area contributed by atoms with E-state index in [-0.39, 0.29) is 0 Å². The van der Waals surface area contributed by atoms with Gasteiger partial charge in [0.25, 0.3) is 0 Å². The van der Waals surface area contributed by atoms with Crippen LogP contribution in [0.4, 0.5) is 5.95 Å². The number of likely N-dealkylation sites (tertiary alicyclic amines) is 1. The van der Waals surface area contributed by atoms with Gasteiger partial charge in [-0.1, -0.05) is 0 Å². The highest BCUT2D eigenvalue weighted by Gasteiger charge is 2.33. The molecule has 0 saturated carbocycles. The van der Waals surface area contributed by atoms with Crippen molar-refractivity contribution in [1.82, 2.24) is 29.7 Å². The van der Waals surface area contributed by atoms with E-state index >= 15 is 0 Å². The van der Waals surface area contributed by atoms with Gasteiger partial charge in [0.15, 0.2) is 0 Å². The Labute approximate surface area is 142 Å². The number of hydrogen-bond acceptors (Lipinski definition) is 7. The predicted molar refractivity (Wildman–Crippen MR) is 91.7 cm³/mol. The molecular formula is C17H23N7. The fourth-order valence-corrected chi connectivity index (χ4v) is 3.40. The first-order valence-electron chi connectivity index (χ1n) is 8.54. The summed E-state index contributed by atoms with van der Waals surface area (Å²) in [6.45, 7) is 9.33. The second-order valence-corrected chi connectivity index (χ2v) is 6.56. The smallest absolute Gasteiger partial charge is 0.225 e. The molecule has 7 heteroatoms. The van der Waals surface area contributed by atoms with Crippen LogP contribution in [0, 0.1) is 6.92 Å². The Morgan fingerprint density at radius 2 is 1.62 bits per heavy atom. The minimum Gasteiger partial charge on any atom is -0.338 e. The first-order chi connectivity index (χ1) is 11.8. The number of hydrogen-bond donors (Lipinski definition) is 0. The van der Waals surface area contributed by atoms with Gasteiger partial charge in [-0.15, -0.1) is 0 Å². The lowest BCUT2D eigenvalue weighted by Gasteiger charge is -2.48. The molecule has 2 saturated heterocycles. The van der Waals surface area contributed by atoms with Crippen molar-refractivity contribution in [3.05, 3.63) is 42.2 Å². The summed E-state index contributed by atoms with van der Waals surface area (Å²) in [5.74, 6) is 1.69. The van der Waals surface area contributed by atoms with Crippen molar-refractivity contribution in [1.29, 1.82) is 0 Å². The van der Waals surface area contributed by atoms with Crippen LogP contribution in [0.25, 0.3) is 0 Å². The van der Waals surface area contributed by atoms with Gasteiger partial charge >= 0.3 is 0 Å². The lowest BCUT2D eigenvalue weighted by Crippen LogP contribution is -2.62. The van der Waals surface area contributed by atoms with Gasteiger partial charge in [-0.25, -0.2) is 19.9 Å². The number of piperazine rings is 1. The molecule has 0 atom stereocenters. The predicted octanol–water partition coefficient (Wildman–Crippen LogP) is 0.581. The Morgan fingerprint density at radius 3 is 2.29 bits per heavy atom. The maximum atomic E-state index is 4.35. The van der Waals surface area contributed by atoms with Crippen LogP contribution in [0.2, 0.25) is 0 Å². The van der Waals surface area contributed by atoms with Crippen LogP contribution < -0.4 is 4.90 Å². The molecule has 0 aromatic carbocycles. The molecule has 0 aliphatic carbocycles. The molecule has 0 radical (unpaired) electrons. The fraction of sp³-hybridized carbons (Fsp3) is 0.529. The van der Waals surface area contributed by atoms with E-state index in [2.05, 4.69) is 34.6 Å². The third kappa shape index (κ3) is 3.37. The fourth-order valence-electron chi connectivity index (χ4n) is 3.40. The van der Waals surface area contributed by atoms with Gasteiger partial charge in [-0.05, 0) is 13.0 Å². The van der Waals surface area contributed by atoms with Gasteiger partial charge in [0.1, 0.15) is 5.82 Å². The van der Waals surface area contributed by atoms with Crippen LogP contribution in [0.3, 0.4) is 0 Å². The third-order valence-electron chi connectivity index (χ3n) is 4.84. The zero-order valence-corrected chi connectivity index (χ0v) is 14.0. The summed E-state index contributed by atoms with van der Waals surface area (Å²) < 4.78 is 0. The average molecular weight is 325 g/mol. The number of aromatic nitrogens is 4. The van der Waals surface area contributed by atoms with E-state index in [0.717, 1.165) is 57.6 Å². The average Bonchev–Trinajstić information content (AvgIpc) is 2.60. The molecule has 2 aliphatic heterocycles. The second-order valence-electron chi connectivity index (χ2n) is 6.56. The van der Waals surface area contributed by atoms with Crippen LogP contribution >= 0.6 is 0 Å². The van der Waals surface area contributed by atoms with E-state index in [1.54, 1.807) is 0 Å². The second kappa shape index (κ2) is 6.78. The van der Waals surface area contributed by atoms with Crippen molar-refractivity contribution < 1.29 is 0 Å². The molecule has 2 aliphatic rings. The monoisotopic (exact) mass is 325 g/mol. The van der Waals surface area contributed by atoms with E-state index in [4.69, 9.17) is 0 Å². The van der Waals surface area contributed by atoms with Gasteiger partial charge in [0.05, 0.1) is 0 Å². The normalized spacial score (nSPS) is 20.1. The van der Waals surface area contributed by atoms with Crippen molar-refractivity contribution in [3.8, 4) is 0 Å². The number of nitrogens with zero attached hydrogens (tertiary/aromatic N) is 7. The van der Waals surface area contributed by atoms with E-state index in [9.17, 15) is 0 Å². The standard InChI is InChI=1S/C17H23N7/c1-14-20-9-15(10-21-14)11-22-12-16(13-22)23-5-7-24(8-6-23)17-18-3-2-4-19-17/h2-4,9-10,16H,5-8,11-13H2,1H3. The van der Waals surface area contributed by atoms with Gasteiger partial charge in [-0.2, -0.15) is 0 Å².